The third-order valence-electron chi connectivity index (χ3n) is 1.37. The topological polar surface area (TPSA) is 61.4 Å². The van der Waals surface area contributed by atoms with Crippen LogP contribution in [0.2, 0.25) is 0 Å². The highest BCUT2D eigenvalue weighted by atomic mass is 16.4. The molecule has 0 aromatic rings. The molecule has 1 unspecified atom stereocenters. The normalized spacial score (nSPS) is 27.8. The molecule has 4 heteroatoms. The van der Waals surface area contributed by atoms with Crippen molar-refractivity contribution >= 4 is 5.97 Å². The number of hydrogen-bond acceptors (Lipinski definition) is 3. The second kappa shape index (κ2) is 2.80. The fourth-order valence-electron chi connectivity index (χ4n) is 0.847. The Morgan fingerprint density at radius 2 is 2.44 bits per heavy atom. The lowest BCUT2D eigenvalue weighted by atomic mass is 10.1. The molecule has 1 aliphatic heterocycles. The number of aliphatic carboxylic acids is 1. The number of rotatable bonds is 1. The monoisotopic (exact) mass is 130 g/mol. The first kappa shape index (κ1) is 6.51. The molecule has 1 heterocycles. The van der Waals surface area contributed by atoms with Crippen molar-refractivity contribution in [1.82, 2.24) is 10.9 Å². The Hall–Kier alpha value is -0.610. The molecule has 1 aliphatic rings. The minimum Gasteiger partial charge on any atom is -0.480 e. The van der Waals surface area contributed by atoms with Gasteiger partial charge in [-0.25, -0.2) is 5.43 Å². The average molecular weight is 130 g/mol. The van der Waals surface area contributed by atoms with Gasteiger partial charge in [0.25, 0.3) is 0 Å². The van der Waals surface area contributed by atoms with Gasteiger partial charge in [0, 0.05) is 6.54 Å². The molecule has 0 bridgehead atoms. The van der Waals surface area contributed by atoms with Crippen molar-refractivity contribution in [3.05, 3.63) is 0 Å². The Balaban J connectivity index is 2.31. The zero-order valence-corrected chi connectivity index (χ0v) is 5.05. The molecule has 0 aromatic carbocycles. The van der Waals surface area contributed by atoms with E-state index in [9.17, 15) is 4.79 Å². The first-order chi connectivity index (χ1) is 4.30. The minimum atomic E-state index is -0.776. The maximum atomic E-state index is 10.3. The highest BCUT2D eigenvalue weighted by molar-refractivity contribution is 5.73. The highest BCUT2D eigenvalue weighted by Crippen LogP contribution is 1.98. The van der Waals surface area contributed by atoms with Crippen LogP contribution in [0.4, 0.5) is 0 Å². The van der Waals surface area contributed by atoms with Gasteiger partial charge in [-0.2, -0.15) is 0 Å². The van der Waals surface area contributed by atoms with E-state index in [1.807, 2.05) is 0 Å². The van der Waals surface area contributed by atoms with Gasteiger partial charge in [-0.05, 0) is 12.8 Å². The molecule has 9 heavy (non-hydrogen) atoms. The molecule has 4 nitrogen and oxygen atoms in total. The Morgan fingerprint density at radius 1 is 1.67 bits per heavy atom. The minimum absolute atomic E-state index is 0.390. The SMILES string of the molecule is O=C(O)C1CCCNN1. The standard InChI is InChI=1S/C5H10N2O2/c8-5(9)4-2-1-3-6-7-4/h4,6-7H,1-3H2,(H,8,9). The molecule has 0 aliphatic carbocycles. The quantitative estimate of drug-likeness (QED) is 0.440. The van der Waals surface area contributed by atoms with E-state index >= 15 is 0 Å². The Morgan fingerprint density at radius 3 is 2.78 bits per heavy atom. The van der Waals surface area contributed by atoms with Crippen LogP contribution in [0.15, 0.2) is 0 Å². The van der Waals surface area contributed by atoms with Crippen LogP contribution in [0.5, 0.6) is 0 Å². The smallest absolute Gasteiger partial charge is 0.322 e. The van der Waals surface area contributed by atoms with Crippen molar-refractivity contribution < 1.29 is 9.90 Å². The van der Waals surface area contributed by atoms with Gasteiger partial charge < -0.3 is 5.11 Å². The number of carbonyl (C=O) groups is 1. The van der Waals surface area contributed by atoms with Gasteiger partial charge in [-0.3, -0.25) is 10.2 Å². The van der Waals surface area contributed by atoms with Crippen molar-refractivity contribution in [3.63, 3.8) is 0 Å². The van der Waals surface area contributed by atoms with E-state index in [-0.39, 0.29) is 0 Å². The molecule has 1 atom stereocenters. The van der Waals surface area contributed by atoms with Crippen LogP contribution in [-0.2, 0) is 4.79 Å². The number of carboxylic acids is 1. The summed E-state index contributed by atoms with van der Waals surface area (Å²) in [5.41, 5.74) is 5.45. The zero-order valence-electron chi connectivity index (χ0n) is 5.05. The summed E-state index contributed by atoms with van der Waals surface area (Å²) in [6, 6.07) is -0.390. The maximum Gasteiger partial charge on any atom is 0.322 e. The van der Waals surface area contributed by atoms with E-state index in [0.29, 0.717) is 0 Å². The van der Waals surface area contributed by atoms with Crippen molar-refractivity contribution in [1.29, 1.82) is 0 Å². The number of hydrazine groups is 1. The first-order valence-corrected chi connectivity index (χ1v) is 3.02. The molecule has 0 aromatic heterocycles. The molecule has 3 N–H and O–H groups in total. The van der Waals surface area contributed by atoms with Crippen molar-refractivity contribution in [2.24, 2.45) is 0 Å². The number of carboxylic acid groups (broad SMARTS) is 1. The largest absolute Gasteiger partial charge is 0.480 e. The lowest BCUT2D eigenvalue weighted by molar-refractivity contribution is -0.140. The van der Waals surface area contributed by atoms with E-state index < -0.39 is 12.0 Å². The second-order valence-corrected chi connectivity index (χ2v) is 2.10. The first-order valence-electron chi connectivity index (χ1n) is 3.02. The molecule has 1 saturated heterocycles. The van der Waals surface area contributed by atoms with Crippen LogP contribution in [0.3, 0.4) is 0 Å². The summed E-state index contributed by atoms with van der Waals surface area (Å²) < 4.78 is 0. The van der Waals surface area contributed by atoms with Crippen LogP contribution < -0.4 is 10.9 Å². The lowest BCUT2D eigenvalue weighted by Gasteiger charge is -2.19. The fourth-order valence-corrected chi connectivity index (χ4v) is 0.847. The van der Waals surface area contributed by atoms with Gasteiger partial charge in [0.2, 0.25) is 0 Å². The predicted octanol–water partition coefficient (Wildman–Crippen LogP) is -0.672. The van der Waals surface area contributed by atoms with Crippen molar-refractivity contribution in [2.45, 2.75) is 18.9 Å². The van der Waals surface area contributed by atoms with Crippen LogP contribution in [0.25, 0.3) is 0 Å². The Kier molecular flexibility index (Phi) is 2.02. The van der Waals surface area contributed by atoms with Gasteiger partial charge in [-0.15, -0.1) is 0 Å². The van der Waals surface area contributed by atoms with Crippen LogP contribution in [0.1, 0.15) is 12.8 Å². The summed E-state index contributed by atoms with van der Waals surface area (Å²) >= 11 is 0. The summed E-state index contributed by atoms with van der Waals surface area (Å²) in [5.74, 6) is -0.776. The van der Waals surface area contributed by atoms with E-state index in [1.54, 1.807) is 0 Å². The molecule has 0 saturated carbocycles. The molecule has 0 radical (unpaired) electrons. The highest BCUT2D eigenvalue weighted by Gasteiger charge is 2.18. The molecule has 0 spiro atoms. The van der Waals surface area contributed by atoms with Gasteiger partial charge in [-0.1, -0.05) is 0 Å². The molecule has 0 amide bonds. The molecule has 1 fully saturated rings. The van der Waals surface area contributed by atoms with Gasteiger partial charge >= 0.3 is 5.97 Å². The summed E-state index contributed by atoms with van der Waals surface area (Å²) in [4.78, 5) is 10.3. The van der Waals surface area contributed by atoms with Gasteiger partial charge in [0.05, 0.1) is 0 Å². The van der Waals surface area contributed by atoms with Gasteiger partial charge in [0.15, 0.2) is 0 Å². The number of hydrogen-bond donors (Lipinski definition) is 3. The second-order valence-electron chi connectivity index (χ2n) is 2.10. The van der Waals surface area contributed by atoms with E-state index in [2.05, 4.69) is 10.9 Å². The predicted molar refractivity (Wildman–Crippen MR) is 31.8 cm³/mol. The summed E-state index contributed by atoms with van der Waals surface area (Å²) in [6.45, 7) is 0.865. The summed E-state index contributed by atoms with van der Waals surface area (Å²) in [5, 5.41) is 8.44. The van der Waals surface area contributed by atoms with Crippen LogP contribution >= 0.6 is 0 Å². The van der Waals surface area contributed by atoms with Crippen molar-refractivity contribution in [2.75, 3.05) is 6.54 Å². The summed E-state index contributed by atoms with van der Waals surface area (Å²) in [7, 11) is 0. The van der Waals surface area contributed by atoms with E-state index in [1.165, 1.54) is 0 Å². The molecular formula is C5H10N2O2. The molecule has 1 rings (SSSR count). The Bertz CT molecular complexity index is 110. The van der Waals surface area contributed by atoms with Gasteiger partial charge in [0.1, 0.15) is 6.04 Å². The molecular weight excluding hydrogens is 120 g/mol. The third kappa shape index (κ3) is 1.65. The van der Waals surface area contributed by atoms with E-state index in [4.69, 9.17) is 5.11 Å². The van der Waals surface area contributed by atoms with Crippen LogP contribution in [-0.4, -0.2) is 23.7 Å². The number of nitrogens with one attached hydrogen (secondary N) is 2. The lowest BCUT2D eigenvalue weighted by Crippen LogP contribution is -2.49. The summed E-state index contributed by atoms with van der Waals surface area (Å²) in [6.07, 6.45) is 1.66. The van der Waals surface area contributed by atoms with Crippen LogP contribution in [0, 0.1) is 0 Å². The average Bonchev–Trinajstić information content (AvgIpc) is 1.90. The fraction of sp³-hybridized carbons (Fsp3) is 0.800. The molecule has 52 valence electrons. The zero-order chi connectivity index (χ0) is 6.69. The van der Waals surface area contributed by atoms with Crippen molar-refractivity contribution in [3.8, 4) is 0 Å². The maximum absolute atomic E-state index is 10.3. The van der Waals surface area contributed by atoms with E-state index in [0.717, 1.165) is 19.4 Å². The Labute approximate surface area is 53.2 Å². The third-order valence-corrected chi connectivity index (χ3v) is 1.37.